The van der Waals surface area contributed by atoms with E-state index in [2.05, 4.69) is 0 Å². The molecule has 0 aromatic heterocycles. The molecule has 0 aliphatic heterocycles. The molecule has 0 aliphatic rings. The maximum absolute atomic E-state index is 8.41. The van der Waals surface area contributed by atoms with E-state index in [9.17, 15) is 0 Å². The van der Waals surface area contributed by atoms with Gasteiger partial charge in [-0.15, -0.1) is 0 Å². The zero-order chi connectivity index (χ0) is 17.9. The van der Waals surface area contributed by atoms with Gasteiger partial charge in [0.1, 0.15) is 0 Å². The maximum atomic E-state index is 8.41. The predicted octanol–water partition coefficient (Wildman–Crippen LogP) is -17.8. The normalized spacial score (nSPS) is 8.57. The second-order valence-electron chi connectivity index (χ2n) is 0.945. The molecule has 0 unspecified atom stereocenters. The molecule has 0 N–H and O–H groups in total. The van der Waals surface area contributed by atoms with Crippen molar-refractivity contribution in [3.63, 3.8) is 0 Å². The Morgan fingerprint density at radius 3 is 0.238 bits per heavy atom. The van der Waals surface area contributed by atoms with Crippen LogP contribution in [0.25, 0.3) is 0 Å². The summed E-state index contributed by atoms with van der Waals surface area (Å²) in [5.74, 6) is 0. The fourth-order valence-corrected chi connectivity index (χ4v) is 0. The average Bonchev–Trinajstić information content (AvgIpc) is 1.94. The molecule has 130 valence electrons. The molecule has 0 saturated carbocycles. The molecule has 0 aromatic carbocycles. The standard InChI is InChI=1S/5ClO3.Nb/c5*2-1(3)4;/q5*-1;+5. The molecule has 0 aromatic rings. The predicted molar refractivity (Wildman–Crippen MR) is 0 cm³/mol. The zero-order valence-corrected chi connectivity index (χ0v) is 14.4. The summed E-state index contributed by atoms with van der Waals surface area (Å²) in [4.78, 5) is 0. The van der Waals surface area contributed by atoms with Crippen LogP contribution in [-0.2, 0) is 22.4 Å². The van der Waals surface area contributed by atoms with E-state index in [1.807, 2.05) is 0 Å². The van der Waals surface area contributed by atoms with Gasteiger partial charge in [0.2, 0.25) is 0 Å². The van der Waals surface area contributed by atoms with Crippen molar-refractivity contribution in [3.05, 3.63) is 0 Å². The molecule has 0 rings (SSSR count). The third-order valence-corrected chi connectivity index (χ3v) is 0. The molecule has 0 bridgehead atoms. The van der Waals surface area contributed by atoms with Gasteiger partial charge >= 0.3 is 22.4 Å². The van der Waals surface area contributed by atoms with Crippen LogP contribution in [0.2, 0.25) is 0 Å². The molecule has 0 heterocycles. The van der Waals surface area contributed by atoms with E-state index in [0.29, 0.717) is 0 Å². The molecule has 21 heavy (non-hydrogen) atoms. The van der Waals surface area contributed by atoms with Gasteiger partial charge in [0.15, 0.2) is 0 Å². The quantitative estimate of drug-likeness (QED) is 0.273. The first kappa shape index (κ1) is 38.3. The number of rotatable bonds is 0. The van der Waals surface area contributed by atoms with Crippen molar-refractivity contribution in [1.82, 2.24) is 0 Å². The summed E-state index contributed by atoms with van der Waals surface area (Å²) >= 11 is 0. The molecular formula is Cl5NbO15. The monoisotopic (exact) mass is 508 g/mol. The summed E-state index contributed by atoms with van der Waals surface area (Å²) < 4.78 is 126. The Balaban J connectivity index is -0.0000000331. The third kappa shape index (κ3) is 3280. The van der Waals surface area contributed by atoms with Gasteiger partial charge in [-0.25, -0.2) is 0 Å². The van der Waals surface area contributed by atoms with Gasteiger partial charge in [0.05, 0.1) is 53.9 Å². The largest absolute Gasteiger partial charge is 5.00 e. The Morgan fingerprint density at radius 2 is 0.238 bits per heavy atom. The van der Waals surface area contributed by atoms with Crippen LogP contribution >= 0.6 is 0 Å². The van der Waals surface area contributed by atoms with E-state index < -0.39 is 53.9 Å². The Morgan fingerprint density at radius 1 is 0.238 bits per heavy atom. The van der Waals surface area contributed by atoms with Gasteiger partial charge in [-0.3, -0.25) is 0 Å². The smallest absolute Gasteiger partial charge is 0.357 e. The van der Waals surface area contributed by atoms with E-state index in [4.69, 9.17) is 69.9 Å². The Labute approximate surface area is 146 Å². The Hall–Kier alpha value is 1.59. The fraction of sp³-hybridized carbons (Fsp3) is 0. The molecule has 0 radical (unpaired) electrons. The van der Waals surface area contributed by atoms with Crippen molar-refractivity contribution in [2.24, 2.45) is 0 Å². The van der Waals surface area contributed by atoms with Gasteiger partial charge in [-0.2, -0.15) is 0 Å². The van der Waals surface area contributed by atoms with Crippen LogP contribution in [0.1, 0.15) is 0 Å². The van der Waals surface area contributed by atoms with Crippen LogP contribution in [-0.4, -0.2) is 0 Å². The molecule has 21 heteroatoms. The van der Waals surface area contributed by atoms with Crippen molar-refractivity contribution in [2.75, 3.05) is 0 Å². The van der Waals surface area contributed by atoms with Crippen molar-refractivity contribution in [1.29, 1.82) is 0 Å². The van der Waals surface area contributed by atoms with Crippen LogP contribution in [0.4, 0.5) is 0 Å². The summed E-state index contributed by atoms with van der Waals surface area (Å²) in [6, 6.07) is 0. The van der Waals surface area contributed by atoms with Gasteiger partial charge in [-0.1, -0.05) is 0 Å². The van der Waals surface area contributed by atoms with Crippen molar-refractivity contribution in [2.45, 2.75) is 0 Å². The number of hydrogen-bond acceptors (Lipinski definition) is 15. The van der Waals surface area contributed by atoms with Crippen LogP contribution in [0.5, 0.6) is 0 Å². The average molecular weight is 510 g/mol. The van der Waals surface area contributed by atoms with E-state index in [1.54, 1.807) is 0 Å². The summed E-state index contributed by atoms with van der Waals surface area (Å²) in [6.07, 6.45) is 0. The molecule has 0 atom stereocenters. The molecule has 0 aliphatic carbocycles. The molecule has 0 fully saturated rings. The minimum Gasteiger partial charge on any atom is -0.357 e. The fourth-order valence-electron chi connectivity index (χ4n) is 0. The number of halogens is 5. The van der Waals surface area contributed by atoms with E-state index in [0.717, 1.165) is 0 Å². The first-order valence-electron chi connectivity index (χ1n) is 2.31. The third-order valence-electron chi connectivity index (χ3n) is 0. The Kier molecular flexibility index (Phi) is 60.6. The van der Waals surface area contributed by atoms with Crippen LogP contribution in [0, 0.1) is 53.9 Å². The van der Waals surface area contributed by atoms with Crippen LogP contribution < -0.4 is 69.9 Å². The summed E-state index contributed by atoms with van der Waals surface area (Å²) in [6.45, 7) is 0. The summed E-state index contributed by atoms with van der Waals surface area (Å²) in [5.41, 5.74) is 0. The summed E-state index contributed by atoms with van der Waals surface area (Å²) in [7, 11) is -14.3. The molecule has 0 spiro atoms. The molecule has 15 nitrogen and oxygen atoms in total. The SMILES string of the molecule is [Nb+5].[O-][Cl+2]([O-])[O-].[O-][Cl+2]([O-])[O-].[O-][Cl+2]([O-])[O-].[O-][Cl+2]([O-])[O-].[O-][Cl+2]([O-])[O-]. The Bertz CT molecular complexity index is 80.6. The first-order valence-corrected chi connectivity index (χ1v) is 6.94. The van der Waals surface area contributed by atoms with E-state index in [-0.39, 0.29) is 22.4 Å². The van der Waals surface area contributed by atoms with Crippen molar-refractivity contribution < 1.29 is 146 Å². The zero-order valence-electron chi connectivity index (χ0n) is 8.46. The van der Waals surface area contributed by atoms with E-state index >= 15 is 0 Å². The topological polar surface area (TPSA) is 346 Å². The molecule has 0 amide bonds. The minimum atomic E-state index is -2.85. The van der Waals surface area contributed by atoms with Gasteiger partial charge in [0.25, 0.3) is 0 Å². The van der Waals surface area contributed by atoms with Gasteiger partial charge in [-0.05, 0) is 0 Å². The van der Waals surface area contributed by atoms with Crippen molar-refractivity contribution >= 4 is 0 Å². The van der Waals surface area contributed by atoms with Crippen molar-refractivity contribution in [3.8, 4) is 0 Å². The minimum absolute atomic E-state index is 0. The van der Waals surface area contributed by atoms with E-state index in [1.165, 1.54) is 0 Å². The summed E-state index contributed by atoms with van der Waals surface area (Å²) in [5, 5.41) is 0. The van der Waals surface area contributed by atoms with Crippen LogP contribution in [0.3, 0.4) is 0 Å². The first-order chi connectivity index (χ1) is 8.66. The second kappa shape index (κ2) is 33.3. The van der Waals surface area contributed by atoms with Gasteiger partial charge < -0.3 is 69.9 Å². The van der Waals surface area contributed by atoms with Crippen LogP contribution in [0.15, 0.2) is 0 Å². The molecular weight excluding hydrogens is 510 g/mol. The second-order valence-corrected chi connectivity index (χ2v) is 2.83. The number of hydrogen-bond donors (Lipinski definition) is 0. The maximum Gasteiger partial charge on any atom is 5.00 e. The molecule has 0 saturated heterocycles. The van der Waals surface area contributed by atoms with Gasteiger partial charge in [0, 0.05) is 0 Å².